The van der Waals surface area contributed by atoms with Crippen molar-refractivity contribution in [2.75, 3.05) is 18.0 Å². The van der Waals surface area contributed by atoms with Gasteiger partial charge >= 0.3 is 0 Å². The lowest BCUT2D eigenvalue weighted by Crippen LogP contribution is -2.33. The van der Waals surface area contributed by atoms with Gasteiger partial charge in [-0.15, -0.1) is 0 Å². The third-order valence-corrected chi connectivity index (χ3v) is 4.82. The Morgan fingerprint density at radius 2 is 2.00 bits per heavy atom. The van der Waals surface area contributed by atoms with Gasteiger partial charge in [-0.3, -0.25) is 0 Å². The minimum absolute atomic E-state index is 0.294. The Balaban J connectivity index is 1.44. The molecule has 0 atom stereocenters. The van der Waals surface area contributed by atoms with Crippen molar-refractivity contribution in [1.82, 2.24) is 15.1 Å². The van der Waals surface area contributed by atoms with E-state index >= 15 is 0 Å². The highest BCUT2D eigenvalue weighted by atomic mass is 35.5. The predicted octanol–water partition coefficient (Wildman–Crippen LogP) is 4.48. The van der Waals surface area contributed by atoms with E-state index in [-0.39, 0.29) is 0 Å². The van der Waals surface area contributed by atoms with Crippen LogP contribution in [0.25, 0.3) is 11.4 Å². The lowest BCUT2D eigenvalue weighted by Gasteiger charge is -2.31. The molecule has 1 aromatic carbocycles. The normalized spacial score (nSPS) is 15.5. The highest BCUT2D eigenvalue weighted by Gasteiger charge is 2.26. The fourth-order valence-electron chi connectivity index (χ4n) is 3.15. The molecule has 128 valence electrons. The van der Waals surface area contributed by atoms with Crippen LogP contribution in [0.1, 0.15) is 30.2 Å². The number of hydrogen-bond acceptors (Lipinski definition) is 5. The van der Waals surface area contributed by atoms with Crippen molar-refractivity contribution in [2.45, 2.75) is 25.7 Å². The van der Waals surface area contributed by atoms with E-state index in [0.29, 0.717) is 22.7 Å². The molecule has 3 aromatic rings. The van der Waals surface area contributed by atoms with Crippen molar-refractivity contribution < 1.29 is 4.52 Å². The quantitative estimate of drug-likeness (QED) is 0.694. The molecule has 1 fully saturated rings. The molecule has 0 bridgehead atoms. The molecule has 0 aliphatic carbocycles. The van der Waals surface area contributed by atoms with Crippen LogP contribution in [0.4, 0.5) is 5.82 Å². The second-order valence-corrected chi connectivity index (χ2v) is 6.86. The molecule has 0 unspecified atom stereocenters. The molecule has 1 saturated heterocycles. The summed E-state index contributed by atoms with van der Waals surface area (Å²) in [6.45, 7) is 3.93. The fraction of sp³-hybridized carbons (Fsp3) is 0.316. The van der Waals surface area contributed by atoms with Crippen LogP contribution in [0.2, 0.25) is 5.02 Å². The molecule has 0 N–H and O–H groups in total. The van der Waals surface area contributed by atoms with Gasteiger partial charge in [0.15, 0.2) is 0 Å². The number of piperidine rings is 1. The predicted molar refractivity (Wildman–Crippen MR) is 97.9 cm³/mol. The molecule has 0 amide bonds. The van der Waals surface area contributed by atoms with E-state index in [4.69, 9.17) is 16.1 Å². The summed E-state index contributed by atoms with van der Waals surface area (Å²) in [6, 6.07) is 11.7. The van der Waals surface area contributed by atoms with Crippen LogP contribution in [0.5, 0.6) is 0 Å². The Kier molecular flexibility index (Phi) is 4.40. The molecule has 25 heavy (non-hydrogen) atoms. The summed E-state index contributed by atoms with van der Waals surface area (Å²) in [5, 5.41) is 4.79. The molecule has 0 radical (unpaired) electrons. The maximum Gasteiger partial charge on any atom is 0.230 e. The van der Waals surface area contributed by atoms with E-state index in [1.807, 2.05) is 30.5 Å². The van der Waals surface area contributed by atoms with E-state index in [2.05, 4.69) is 39.1 Å². The van der Waals surface area contributed by atoms with Gasteiger partial charge in [0.05, 0.1) is 0 Å². The number of hydrogen-bond donors (Lipinski definition) is 0. The second-order valence-electron chi connectivity index (χ2n) is 6.42. The van der Waals surface area contributed by atoms with Gasteiger partial charge in [-0.2, -0.15) is 4.98 Å². The third kappa shape index (κ3) is 3.51. The molecule has 1 aliphatic heterocycles. The van der Waals surface area contributed by atoms with Crippen molar-refractivity contribution in [3.8, 4) is 11.4 Å². The zero-order valence-corrected chi connectivity index (χ0v) is 14.8. The van der Waals surface area contributed by atoms with Crippen molar-refractivity contribution in [1.29, 1.82) is 0 Å². The third-order valence-electron chi connectivity index (χ3n) is 4.59. The van der Waals surface area contributed by atoms with Crippen LogP contribution in [0, 0.1) is 6.92 Å². The number of aryl methyl sites for hydroxylation is 1. The van der Waals surface area contributed by atoms with Gasteiger partial charge < -0.3 is 9.42 Å². The first-order valence-electron chi connectivity index (χ1n) is 8.46. The Morgan fingerprint density at radius 3 is 2.72 bits per heavy atom. The van der Waals surface area contributed by atoms with E-state index in [0.717, 1.165) is 37.3 Å². The number of rotatable bonds is 3. The average Bonchev–Trinajstić information content (AvgIpc) is 3.13. The number of nitrogens with zero attached hydrogens (tertiary/aromatic N) is 4. The average molecular weight is 355 g/mol. The lowest BCUT2D eigenvalue weighted by atomic mass is 9.96. The Hall–Kier alpha value is -2.40. The first-order chi connectivity index (χ1) is 12.2. The maximum atomic E-state index is 6.04. The largest absolute Gasteiger partial charge is 0.357 e. The number of benzene rings is 1. The van der Waals surface area contributed by atoms with Crippen LogP contribution >= 0.6 is 11.6 Å². The van der Waals surface area contributed by atoms with Gasteiger partial charge in [-0.05, 0) is 43.5 Å². The summed E-state index contributed by atoms with van der Waals surface area (Å²) in [5.41, 5.74) is 2.06. The van der Waals surface area contributed by atoms with Crippen molar-refractivity contribution in [3.05, 3.63) is 59.1 Å². The van der Waals surface area contributed by atoms with Gasteiger partial charge in [0.1, 0.15) is 5.82 Å². The summed E-state index contributed by atoms with van der Waals surface area (Å²) in [4.78, 5) is 11.4. The topological polar surface area (TPSA) is 55.1 Å². The molecule has 4 rings (SSSR count). The maximum absolute atomic E-state index is 6.04. The van der Waals surface area contributed by atoms with E-state index < -0.39 is 0 Å². The first-order valence-corrected chi connectivity index (χ1v) is 8.84. The molecule has 3 heterocycles. The monoisotopic (exact) mass is 354 g/mol. The van der Waals surface area contributed by atoms with Crippen LogP contribution in [-0.2, 0) is 0 Å². The molecule has 2 aromatic heterocycles. The molecule has 5 nitrogen and oxygen atoms in total. The summed E-state index contributed by atoms with van der Waals surface area (Å²) >= 11 is 6.04. The highest BCUT2D eigenvalue weighted by Crippen LogP contribution is 2.30. The highest BCUT2D eigenvalue weighted by molar-refractivity contribution is 6.30. The molecule has 0 spiro atoms. The molecule has 1 aliphatic rings. The van der Waals surface area contributed by atoms with Gasteiger partial charge in [-0.25, -0.2) is 4.98 Å². The Labute approximate surface area is 151 Å². The van der Waals surface area contributed by atoms with Crippen LogP contribution in [0.3, 0.4) is 0 Å². The summed E-state index contributed by atoms with van der Waals surface area (Å²) in [5.74, 6) is 2.64. The van der Waals surface area contributed by atoms with Crippen molar-refractivity contribution in [3.63, 3.8) is 0 Å². The zero-order chi connectivity index (χ0) is 17.2. The van der Waals surface area contributed by atoms with Gasteiger partial charge in [0.2, 0.25) is 11.7 Å². The van der Waals surface area contributed by atoms with E-state index in [1.54, 1.807) is 0 Å². The number of halogens is 1. The van der Waals surface area contributed by atoms with Crippen molar-refractivity contribution >= 4 is 17.4 Å². The summed E-state index contributed by atoms with van der Waals surface area (Å²) in [7, 11) is 0. The Bertz CT molecular complexity index is 854. The standard InChI is InChI=1S/C19H19ClN4O/c1-13-5-6-17(21-12-13)24-9-7-14(8-10-24)19-22-18(23-25-19)15-3-2-4-16(20)11-15/h2-6,11-12,14H,7-10H2,1H3. The summed E-state index contributed by atoms with van der Waals surface area (Å²) in [6.07, 6.45) is 3.87. The summed E-state index contributed by atoms with van der Waals surface area (Å²) < 4.78 is 5.52. The van der Waals surface area contributed by atoms with E-state index in [9.17, 15) is 0 Å². The zero-order valence-electron chi connectivity index (χ0n) is 14.0. The fourth-order valence-corrected chi connectivity index (χ4v) is 3.34. The number of pyridine rings is 1. The van der Waals surface area contributed by atoms with Crippen LogP contribution < -0.4 is 4.90 Å². The van der Waals surface area contributed by atoms with Gasteiger partial charge in [0, 0.05) is 35.8 Å². The lowest BCUT2D eigenvalue weighted by molar-refractivity contribution is 0.329. The second kappa shape index (κ2) is 6.84. The molecule has 6 heteroatoms. The molecular formula is C19H19ClN4O. The minimum atomic E-state index is 0.294. The molecule has 0 saturated carbocycles. The Morgan fingerprint density at radius 1 is 1.16 bits per heavy atom. The SMILES string of the molecule is Cc1ccc(N2CCC(c3nc(-c4cccc(Cl)c4)no3)CC2)nc1. The van der Waals surface area contributed by atoms with Gasteiger partial charge in [-0.1, -0.05) is 35.0 Å². The molecular weight excluding hydrogens is 336 g/mol. The van der Waals surface area contributed by atoms with Crippen LogP contribution in [-0.4, -0.2) is 28.2 Å². The smallest absolute Gasteiger partial charge is 0.230 e. The van der Waals surface area contributed by atoms with Gasteiger partial charge in [0.25, 0.3) is 0 Å². The first kappa shape index (κ1) is 16.1. The number of aromatic nitrogens is 3. The minimum Gasteiger partial charge on any atom is -0.357 e. The van der Waals surface area contributed by atoms with E-state index in [1.165, 1.54) is 5.56 Å². The van der Waals surface area contributed by atoms with Crippen molar-refractivity contribution in [2.24, 2.45) is 0 Å². The number of anilines is 1. The van der Waals surface area contributed by atoms with Crippen LogP contribution in [0.15, 0.2) is 47.1 Å².